The molecule has 1 aromatic rings. The first kappa shape index (κ1) is 11.3. The van der Waals surface area contributed by atoms with E-state index < -0.39 is 0 Å². The lowest BCUT2D eigenvalue weighted by Gasteiger charge is -2.00. The fourth-order valence-electron chi connectivity index (χ4n) is 1.13. The summed E-state index contributed by atoms with van der Waals surface area (Å²) in [5.74, 6) is 1.35. The fourth-order valence-corrected chi connectivity index (χ4v) is 1.73. The molecule has 2 nitrogen and oxygen atoms in total. The van der Waals surface area contributed by atoms with Crippen molar-refractivity contribution < 1.29 is 9.90 Å². The third kappa shape index (κ3) is 4.44. The number of thioether (sulfide) groups is 1. The Balaban J connectivity index is 2.27. The van der Waals surface area contributed by atoms with Crippen molar-refractivity contribution in [3.8, 4) is 0 Å². The van der Waals surface area contributed by atoms with Crippen LogP contribution in [0.2, 0.25) is 0 Å². The minimum absolute atomic E-state index is 0.142. The predicted molar refractivity (Wildman–Crippen MR) is 59.6 cm³/mol. The van der Waals surface area contributed by atoms with Crippen LogP contribution >= 0.6 is 11.8 Å². The zero-order chi connectivity index (χ0) is 10.2. The van der Waals surface area contributed by atoms with Gasteiger partial charge in [0, 0.05) is 12.2 Å². The van der Waals surface area contributed by atoms with Gasteiger partial charge in [-0.1, -0.05) is 30.3 Å². The highest BCUT2D eigenvalue weighted by Gasteiger charge is 2.02. The molecule has 0 aliphatic rings. The van der Waals surface area contributed by atoms with Crippen molar-refractivity contribution in [1.82, 2.24) is 0 Å². The number of Topliss-reactive ketones (excluding diaryl/α,β-unsaturated/α-hetero) is 1. The van der Waals surface area contributed by atoms with Gasteiger partial charge in [-0.05, 0) is 5.56 Å². The Morgan fingerprint density at radius 3 is 2.64 bits per heavy atom. The van der Waals surface area contributed by atoms with Crippen LogP contribution in [0.4, 0.5) is 0 Å². The quantitative estimate of drug-likeness (QED) is 0.723. The molecule has 1 rings (SSSR count). The maximum atomic E-state index is 11.4. The van der Waals surface area contributed by atoms with Gasteiger partial charge < -0.3 is 5.11 Å². The number of aliphatic hydroxyl groups is 1. The number of aliphatic hydroxyl groups excluding tert-OH is 1. The van der Waals surface area contributed by atoms with Gasteiger partial charge >= 0.3 is 0 Å². The van der Waals surface area contributed by atoms with Crippen LogP contribution in [0.25, 0.3) is 0 Å². The van der Waals surface area contributed by atoms with E-state index in [0.717, 1.165) is 5.56 Å². The van der Waals surface area contributed by atoms with E-state index in [1.54, 1.807) is 0 Å². The molecule has 0 atom stereocenters. The minimum atomic E-state index is 0.142. The molecule has 0 aliphatic heterocycles. The summed E-state index contributed by atoms with van der Waals surface area (Å²) in [5, 5.41) is 8.54. The van der Waals surface area contributed by atoms with Crippen molar-refractivity contribution in [2.45, 2.75) is 6.42 Å². The van der Waals surface area contributed by atoms with Gasteiger partial charge in [-0.3, -0.25) is 4.79 Å². The van der Waals surface area contributed by atoms with E-state index in [-0.39, 0.29) is 12.4 Å². The van der Waals surface area contributed by atoms with Crippen molar-refractivity contribution in [1.29, 1.82) is 0 Å². The minimum Gasteiger partial charge on any atom is -0.396 e. The summed E-state index contributed by atoms with van der Waals surface area (Å²) in [5.41, 5.74) is 1.06. The number of hydrogen-bond donors (Lipinski definition) is 1. The molecule has 1 aromatic carbocycles. The zero-order valence-electron chi connectivity index (χ0n) is 7.98. The highest BCUT2D eigenvalue weighted by Crippen LogP contribution is 2.04. The van der Waals surface area contributed by atoms with E-state index in [0.29, 0.717) is 17.9 Å². The van der Waals surface area contributed by atoms with Crippen LogP contribution < -0.4 is 0 Å². The molecule has 0 saturated carbocycles. The van der Waals surface area contributed by atoms with Gasteiger partial charge in [0.15, 0.2) is 0 Å². The number of carbonyl (C=O) groups is 1. The Bertz CT molecular complexity index is 272. The van der Waals surface area contributed by atoms with E-state index in [1.807, 2.05) is 30.3 Å². The van der Waals surface area contributed by atoms with E-state index in [4.69, 9.17) is 5.11 Å². The smallest absolute Gasteiger partial charge is 0.147 e. The molecule has 0 heterocycles. The molecule has 0 amide bonds. The van der Waals surface area contributed by atoms with Crippen molar-refractivity contribution in [3.63, 3.8) is 0 Å². The van der Waals surface area contributed by atoms with E-state index in [2.05, 4.69) is 0 Å². The van der Waals surface area contributed by atoms with Crippen LogP contribution in [-0.2, 0) is 11.2 Å². The number of rotatable bonds is 6. The molecule has 14 heavy (non-hydrogen) atoms. The summed E-state index contributed by atoms with van der Waals surface area (Å²) in [7, 11) is 0. The van der Waals surface area contributed by atoms with E-state index in [1.165, 1.54) is 11.8 Å². The second kappa shape index (κ2) is 6.62. The second-order valence-electron chi connectivity index (χ2n) is 2.98. The van der Waals surface area contributed by atoms with Gasteiger partial charge in [-0.25, -0.2) is 0 Å². The van der Waals surface area contributed by atoms with Gasteiger partial charge in [0.25, 0.3) is 0 Å². The van der Waals surface area contributed by atoms with E-state index in [9.17, 15) is 4.79 Å². The van der Waals surface area contributed by atoms with Gasteiger partial charge in [0.05, 0.1) is 12.4 Å². The molecule has 0 spiro atoms. The summed E-state index contributed by atoms with van der Waals surface area (Å²) in [4.78, 5) is 11.4. The number of ketones is 1. The molecular weight excluding hydrogens is 196 g/mol. The number of carbonyl (C=O) groups excluding carboxylic acids is 1. The average molecular weight is 210 g/mol. The first-order valence-electron chi connectivity index (χ1n) is 4.57. The molecule has 76 valence electrons. The van der Waals surface area contributed by atoms with Gasteiger partial charge in [-0.15, -0.1) is 0 Å². The van der Waals surface area contributed by atoms with Gasteiger partial charge in [0.2, 0.25) is 0 Å². The largest absolute Gasteiger partial charge is 0.396 e. The normalized spacial score (nSPS) is 10.1. The number of hydrogen-bond acceptors (Lipinski definition) is 3. The highest BCUT2D eigenvalue weighted by atomic mass is 32.2. The standard InChI is InChI=1S/C11H14O2S/c12-6-7-14-9-11(13)8-10-4-2-1-3-5-10/h1-5,12H,6-9H2. The Morgan fingerprint density at radius 1 is 1.29 bits per heavy atom. The lowest BCUT2D eigenvalue weighted by Crippen LogP contribution is -2.06. The molecule has 3 heteroatoms. The Hall–Kier alpha value is -0.800. The lowest BCUT2D eigenvalue weighted by molar-refractivity contribution is -0.116. The molecule has 1 N–H and O–H groups in total. The maximum absolute atomic E-state index is 11.4. The van der Waals surface area contributed by atoms with Crippen molar-refractivity contribution in [3.05, 3.63) is 35.9 Å². The zero-order valence-corrected chi connectivity index (χ0v) is 8.80. The molecule has 0 radical (unpaired) electrons. The molecule has 0 fully saturated rings. The lowest BCUT2D eigenvalue weighted by atomic mass is 10.1. The van der Waals surface area contributed by atoms with Crippen LogP contribution in [0.15, 0.2) is 30.3 Å². The third-order valence-corrected chi connectivity index (χ3v) is 2.74. The van der Waals surface area contributed by atoms with Crippen LogP contribution in [0.1, 0.15) is 5.56 Å². The summed E-state index contributed by atoms with van der Waals surface area (Å²) < 4.78 is 0. The van der Waals surface area contributed by atoms with E-state index >= 15 is 0 Å². The van der Waals surface area contributed by atoms with Crippen LogP contribution in [0.3, 0.4) is 0 Å². The third-order valence-electron chi connectivity index (χ3n) is 1.74. The van der Waals surface area contributed by atoms with Crippen LogP contribution in [0.5, 0.6) is 0 Å². The molecule has 0 aliphatic carbocycles. The topological polar surface area (TPSA) is 37.3 Å². The number of benzene rings is 1. The molecule has 0 aromatic heterocycles. The van der Waals surface area contributed by atoms with Gasteiger partial charge in [0.1, 0.15) is 5.78 Å². The SMILES string of the molecule is O=C(CSCCO)Cc1ccccc1. The summed E-state index contributed by atoms with van der Waals surface area (Å²) in [6, 6.07) is 9.71. The van der Waals surface area contributed by atoms with Gasteiger partial charge in [-0.2, -0.15) is 11.8 Å². The van der Waals surface area contributed by atoms with Crippen LogP contribution in [-0.4, -0.2) is 29.0 Å². The Morgan fingerprint density at radius 2 is 2.00 bits per heavy atom. The molecule has 0 unspecified atom stereocenters. The Kier molecular flexibility index (Phi) is 5.33. The first-order chi connectivity index (χ1) is 6.83. The predicted octanol–water partition coefficient (Wildman–Crippen LogP) is 1.52. The first-order valence-corrected chi connectivity index (χ1v) is 5.72. The fraction of sp³-hybridized carbons (Fsp3) is 0.364. The van der Waals surface area contributed by atoms with Crippen LogP contribution in [0, 0.1) is 0 Å². The highest BCUT2D eigenvalue weighted by molar-refractivity contribution is 7.99. The second-order valence-corrected chi connectivity index (χ2v) is 4.08. The summed E-state index contributed by atoms with van der Waals surface area (Å²) in [6.45, 7) is 0.142. The van der Waals surface area contributed by atoms with Crippen molar-refractivity contribution >= 4 is 17.5 Å². The molecular formula is C11H14O2S. The Labute approximate surface area is 88.3 Å². The van der Waals surface area contributed by atoms with Crippen molar-refractivity contribution in [2.75, 3.05) is 18.1 Å². The molecule has 0 bridgehead atoms. The molecule has 0 saturated heterocycles. The average Bonchev–Trinajstić information content (AvgIpc) is 2.20. The monoisotopic (exact) mass is 210 g/mol. The summed E-state index contributed by atoms with van der Waals surface area (Å²) in [6.07, 6.45) is 0.499. The maximum Gasteiger partial charge on any atom is 0.147 e. The van der Waals surface area contributed by atoms with Crippen molar-refractivity contribution in [2.24, 2.45) is 0 Å². The summed E-state index contributed by atoms with van der Waals surface area (Å²) >= 11 is 1.48.